The first-order valence-corrected chi connectivity index (χ1v) is 8.88. The number of hydrogen-bond donors (Lipinski definition) is 1. The number of nitro groups is 1. The van der Waals surface area contributed by atoms with Crippen LogP contribution in [-0.4, -0.2) is 45.8 Å². The summed E-state index contributed by atoms with van der Waals surface area (Å²) in [6.07, 6.45) is 3.62. The molecule has 2 rings (SSSR count). The SMILES string of the molecule is O=C(CCC(O)CSc1ccc([N+](=O)[O-])cc1)N1CCCCC1. The third kappa shape index (κ3) is 5.84. The first kappa shape index (κ1) is 17.7. The van der Waals surface area contributed by atoms with Crippen molar-refractivity contribution >= 4 is 23.4 Å². The van der Waals surface area contributed by atoms with Crippen molar-refractivity contribution in [2.45, 2.75) is 43.1 Å². The molecule has 1 heterocycles. The lowest BCUT2D eigenvalue weighted by atomic mass is 10.1. The van der Waals surface area contributed by atoms with E-state index in [1.165, 1.54) is 30.3 Å². The van der Waals surface area contributed by atoms with Crippen LogP contribution < -0.4 is 0 Å². The van der Waals surface area contributed by atoms with Crippen molar-refractivity contribution in [3.8, 4) is 0 Å². The molecule has 126 valence electrons. The summed E-state index contributed by atoms with van der Waals surface area (Å²) < 4.78 is 0. The largest absolute Gasteiger partial charge is 0.392 e. The second kappa shape index (κ2) is 8.88. The van der Waals surface area contributed by atoms with Crippen LogP contribution >= 0.6 is 11.8 Å². The molecule has 1 aromatic rings. The molecule has 23 heavy (non-hydrogen) atoms. The lowest BCUT2D eigenvalue weighted by Crippen LogP contribution is -2.36. The first-order valence-electron chi connectivity index (χ1n) is 7.89. The van der Waals surface area contributed by atoms with Gasteiger partial charge in [-0.2, -0.15) is 0 Å². The molecule has 1 aliphatic rings. The molecule has 1 atom stereocenters. The minimum Gasteiger partial charge on any atom is -0.392 e. The number of aliphatic hydroxyl groups is 1. The van der Waals surface area contributed by atoms with E-state index >= 15 is 0 Å². The smallest absolute Gasteiger partial charge is 0.269 e. The van der Waals surface area contributed by atoms with Crippen LogP contribution in [0.5, 0.6) is 0 Å². The van der Waals surface area contributed by atoms with Crippen LogP contribution in [0.4, 0.5) is 5.69 Å². The van der Waals surface area contributed by atoms with E-state index in [4.69, 9.17) is 0 Å². The second-order valence-corrected chi connectivity index (χ2v) is 6.79. The highest BCUT2D eigenvalue weighted by atomic mass is 32.2. The zero-order valence-corrected chi connectivity index (χ0v) is 13.8. The average molecular weight is 338 g/mol. The van der Waals surface area contributed by atoms with Crippen molar-refractivity contribution in [3.63, 3.8) is 0 Å². The van der Waals surface area contributed by atoms with Crippen molar-refractivity contribution in [1.82, 2.24) is 4.90 Å². The number of piperidine rings is 1. The lowest BCUT2D eigenvalue weighted by Gasteiger charge is -2.27. The maximum Gasteiger partial charge on any atom is 0.269 e. The highest BCUT2D eigenvalue weighted by Crippen LogP contribution is 2.23. The summed E-state index contributed by atoms with van der Waals surface area (Å²) >= 11 is 1.44. The summed E-state index contributed by atoms with van der Waals surface area (Å²) in [5.41, 5.74) is 0.0574. The quantitative estimate of drug-likeness (QED) is 0.469. The molecular formula is C16H22N2O4S. The van der Waals surface area contributed by atoms with Gasteiger partial charge in [0.25, 0.3) is 5.69 Å². The van der Waals surface area contributed by atoms with E-state index in [-0.39, 0.29) is 11.6 Å². The third-order valence-electron chi connectivity index (χ3n) is 3.89. The summed E-state index contributed by atoms with van der Waals surface area (Å²) in [5.74, 6) is 0.606. The minimum atomic E-state index is -0.552. The van der Waals surface area contributed by atoms with Crippen LogP contribution in [-0.2, 0) is 4.79 Å². The first-order chi connectivity index (χ1) is 11.1. The molecule has 0 bridgehead atoms. The average Bonchev–Trinajstić information content (AvgIpc) is 2.59. The molecule has 0 radical (unpaired) electrons. The zero-order chi connectivity index (χ0) is 16.7. The number of benzene rings is 1. The van der Waals surface area contributed by atoms with Crippen molar-refractivity contribution in [1.29, 1.82) is 0 Å². The van der Waals surface area contributed by atoms with Crippen molar-refractivity contribution in [2.24, 2.45) is 0 Å². The van der Waals surface area contributed by atoms with Crippen molar-refractivity contribution < 1.29 is 14.8 Å². The number of non-ortho nitro benzene ring substituents is 1. The normalized spacial score (nSPS) is 16.1. The molecule has 0 aromatic heterocycles. The maximum atomic E-state index is 12.0. The summed E-state index contributed by atoms with van der Waals surface area (Å²) in [4.78, 5) is 24.9. The van der Waals surface area contributed by atoms with Crippen LogP contribution in [0.25, 0.3) is 0 Å². The number of likely N-dealkylation sites (tertiary alicyclic amines) is 1. The Morgan fingerprint density at radius 2 is 1.91 bits per heavy atom. The molecule has 1 fully saturated rings. The number of nitrogens with zero attached hydrogens (tertiary/aromatic N) is 2. The molecule has 1 aliphatic heterocycles. The number of carbonyl (C=O) groups is 1. The van der Waals surface area contributed by atoms with Crippen LogP contribution in [0.15, 0.2) is 29.2 Å². The van der Waals surface area contributed by atoms with E-state index in [1.807, 2.05) is 4.90 Å². The topological polar surface area (TPSA) is 83.7 Å². The Balaban J connectivity index is 1.69. The number of aliphatic hydroxyl groups excluding tert-OH is 1. The molecule has 1 unspecified atom stereocenters. The van der Waals surface area contributed by atoms with Crippen LogP contribution in [0, 0.1) is 10.1 Å². The molecule has 0 saturated carbocycles. The van der Waals surface area contributed by atoms with Crippen molar-refractivity contribution in [2.75, 3.05) is 18.8 Å². The standard InChI is InChI=1S/C16H22N2O4S/c19-14(6-9-16(20)17-10-2-1-3-11-17)12-23-15-7-4-13(5-8-15)18(21)22/h4-5,7-8,14,19H,1-3,6,9-12H2. The Hall–Kier alpha value is -1.60. The molecule has 0 aliphatic carbocycles. The fourth-order valence-corrected chi connectivity index (χ4v) is 3.41. The third-order valence-corrected chi connectivity index (χ3v) is 5.05. The summed E-state index contributed by atoms with van der Waals surface area (Å²) in [5, 5.41) is 20.6. The monoisotopic (exact) mass is 338 g/mol. The molecule has 1 saturated heterocycles. The van der Waals surface area contributed by atoms with E-state index in [1.54, 1.807) is 12.1 Å². The predicted molar refractivity (Wildman–Crippen MR) is 89.5 cm³/mol. The van der Waals surface area contributed by atoms with Gasteiger partial charge in [0.1, 0.15) is 0 Å². The van der Waals surface area contributed by atoms with Gasteiger partial charge in [-0.1, -0.05) is 0 Å². The van der Waals surface area contributed by atoms with Crippen LogP contribution in [0.1, 0.15) is 32.1 Å². The highest BCUT2D eigenvalue weighted by molar-refractivity contribution is 7.99. The van der Waals surface area contributed by atoms with Gasteiger partial charge >= 0.3 is 0 Å². The van der Waals surface area contributed by atoms with E-state index in [9.17, 15) is 20.0 Å². The molecule has 6 nitrogen and oxygen atoms in total. The van der Waals surface area contributed by atoms with E-state index in [0.717, 1.165) is 30.8 Å². The minimum absolute atomic E-state index is 0.0574. The molecule has 0 spiro atoms. The number of rotatable bonds is 7. The van der Waals surface area contributed by atoms with E-state index in [2.05, 4.69) is 0 Å². The number of thioether (sulfide) groups is 1. The molecule has 7 heteroatoms. The van der Waals surface area contributed by atoms with Gasteiger partial charge in [0, 0.05) is 42.3 Å². The van der Waals surface area contributed by atoms with E-state index in [0.29, 0.717) is 18.6 Å². The zero-order valence-electron chi connectivity index (χ0n) is 13.0. The van der Waals surface area contributed by atoms with Gasteiger partial charge in [0.05, 0.1) is 11.0 Å². The fraction of sp³-hybridized carbons (Fsp3) is 0.562. The maximum absolute atomic E-state index is 12.0. The number of nitro benzene ring substituents is 1. The Morgan fingerprint density at radius 1 is 1.26 bits per heavy atom. The number of hydrogen-bond acceptors (Lipinski definition) is 5. The second-order valence-electron chi connectivity index (χ2n) is 5.70. The van der Waals surface area contributed by atoms with Gasteiger partial charge in [0.2, 0.25) is 5.91 Å². The van der Waals surface area contributed by atoms with Gasteiger partial charge in [0.15, 0.2) is 0 Å². The molecule has 1 N–H and O–H groups in total. The lowest BCUT2D eigenvalue weighted by molar-refractivity contribution is -0.384. The van der Waals surface area contributed by atoms with Gasteiger partial charge < -0.3 is 10.0 Å². The van der Waals surface area contributed by atoms with Gasteiger partial charge in [-0.3, -0.25) is 14.9 Å². The van der Waals surface area contributed by atoms with Gasteiger partial charge in [-0.25, -0.2) is 0 Å². The van der Waals surface area contributed by atoms with Crippen LogP contribution in [0.2, 0.25) is 0 Å². The fourth-order valence-electron chi connectivity index (χ4n) is 2.53. The van der Waals surface area contributed by atoms with Gasteiger partial charge in [-0.15, -0.1) is 11.8 Å². The Kier molecular flexibility index (Phi) is 6.85. The number of carbonyl (C=O) groups excluding carboxylic acids is 1. The Morgan fingerprint density at radius 3 is 2.52 bits per heavy atom. The van der Waals surface area contributed by atoms with Crippen LogP contribution in [0.3, 0.4) is 0 Å². The Labute approximate surface area is 140 Å². The van der Waals surface area contributed by atoms with Gasteiger partial charge in [-0.05, 0) is 37.8 Å². The highest BCUT2D eigenvalue weighted by Gasteiger charge is 2.17. The number of amides is 1. The summed E-state index contributed by atoms with van der Waals surface area (Å²) in [7, 11) is 0. The Bertz CT molecular complexity index is 529. The van der Waals surface area contributed by atoms with E-state index < -0.39 is 11.0 Å². The summed E-state index contributed by atoms with van der Waals surface area (Å²) in [6.45, 7) is 1.68. The molecular weight excluding hydrogens is 316 g/mol. The summed E-state index contributed by atoms with van der Waals surface area (Å²) in [6, 6.07) is 6.26. The predicted octanol–water partition coefficient (Wildman–Crippen LogP) is 2.84. The van der Waals surface area contributed by atoms with Crippen molar-refractivity contribution in [3.05, 3.63) is 34.4 Å². The molecule has 1 aromatic carbocycles. The molecule has 1 amide bonds.